The zero-order valence-corrected chi connectivity index (χ0v) is 35.4. The Balaban J connectivity index is 1.17. The van der Waals surface area contributed by atoms with Crippen LogP contribution in [0.25, 0.3) is 77.2 Å². The molecule has 0 N–H and O–H groups in total. The van der Waals surface area contributed by atoms with Gasteiger partial charge in [-0.05, 0) is 106 Å². The molecule has 12 rings (SSSR count). The molecule has 64 heavy (non-hydrogen) atoms. The van der Waals surface area contributed by atoms with Crippen molar-refractivity contribution in [1.29, 1.82) is 0 Å². The first kappa shape index (κ1) is 37.6. The molecule has 1 atom stereocenters. The van der Waals surface area contributed by atoms with Crippen molar-refractivity contribution in [1.82, 2.24) is 9.13 Å². The number of benzene rings is 9. The fraction of sp³-hybridized carbons (Fsp3) is 0.0323. The van der Waals surface area contributed by atoms with Crippen molar-refractivity contribution in [3.05, 3.63) is 277 Å². The zero-order chi connectivity index (χ0) is 42.6. The lowest BCUT2D eigenvalue weighted by molar-refractivity contribution is 0.738. The Kier molecular flexibility index (Phi) is 8.98. The fourth-order valence-corrected chi connectivity index (χ4v) is 10.6. The summed E-state index contributed by atoms with van der Waals surface area (Å²) in [7, 11) is 0. The van der Waals surface area contributed by atoms with Crippen LogP contribution in [0.15, 0.2) is 255 Å². The lowest BCUT2D eigenvalue weighted by Crippen LogP contribution is -2.32. The zero-order valence-electron chi connectivity index (χ0n) is 35.4. The summed E-state index contributed by atoms with van der Waals surface area (Å²) in [6, 6.07) is 80.1. The molecule has 2 nitrogen and oxygen atoms in total. The normalized spacial score (nSPS) is 16.1. The summed E-state index contributed by atoms with van der Waals surface area (Å²) in [5, 5.41) is 4.87. The smallest absolute Gasteiger partial charge is 0.0698 e. The van der Waals surface area contributed by atoms with E-state index in [0.29, 0.717) is 0 Å². The predicted molar refractivity (Wildman–Crippen MR) is 270 cm³/mol. The molecule has 1 aliphatic rings. The molecule has 0 spiro atoms. The van der Waals surface area contributed by atoms with E-state index in [0.717, 1.165) is 34.4 Å². The Morgan fingerprint density at radius 2 is 1.05 bits per heavy atom. The molecule has 0 amide bonds. The van der Waals surface area contributed by atoms with E-state index in [9.17, 15) is 0 Å². The molecule has 0 bridgehead atoms. The van der Waals surface area contributed by atoms with Gasteiger partial charge in [0.05, 0.1) is 27.5 Å². The largest absolute Gasteiger partial charge is 0.309 e. The van der Waals surface area contributed by atoms with Crippen LogP contribution < -0.4 is 0 Å². The maximum Gasteiger partial charge on any atom is 0.0698 e. The molecule has 11 aromatic rings. The summed E-state index contributed by atoms with van der Waals surface area (Å²) in [4.78, 5) is 0. The van der Waals surface area contributed by atoms with Crippen LogP contribution in [-0.2, 0) is 11.8 Å². The molecule has 2 heteroatoms. The summed E-state index contributed by atoms with van der Waals surface area (Å²) in [5.41, 5.74) is 17.0. The minimum absolute atomic E-state index is 0.657. The van der Waals surface area contributed by atoms with E-state index < -0.39 is 5.41 Å². The Bertz CT molecular complexity index is 3640. The fourth-order valence-electron chi connectivity index (χ4n) is 10.6. The van der Waals surface area contributed by atoms with Gasteiger partial charge in [0, 0.05) is 38.5 Å². The highest BCUT2D eigenvalue weighted by Gasteiger charge is 2.40. The van der Waals surface area contributed by atoms with Crippen LogP contribution >= 0.6 is 0 Å². The number of hydrogen-bond donors (Lipinski definition) is 0. The maximum absolute atomic E-state index is 4.90. The highest BCUT2D eigenvalue weighted by molar-refractivity contribution is 6.16. The van der Waals surface area contributed by atoms with E-state index in [2.05, 4.69) is 252 Å². The van der Waals surface area contributed by atoms with E-state index in [-0.39, 0.29) is 0 Å². The predicted octanol–water partition coefficient (Wildman–Crippen LogP) is 15.8. The van der Waals surface area contributed by atoms with Crippen molar-refractivity contribution in [3.8, 4) is 33.6 Å². The number of aromatic nitrogens is 2. The molecule has 1 unspecified atom stereocenters. The van der Waals surface area contributed by atoms with Gasteiger partial charge in [-0.25, -0.2) is 0 Å². The van der Waals surface area contributed by atoms with E-state index in [1.807, 2.05) is 0 Å². The minimum atomic E-state index is -0.657. The number of hydrogen-bond acceptors (Lipinski definition) is 0. The average molecular weight is 817 g/mol. The van der Waals surface area contributed by atoms with Crippen LogP contribution in [0.3, 0.4) is 0 Å². The van der Waals surface area contributed by atoms with Gasteiger partial charge in [0.2, 0.25) is 0 Å². The topological polar surface area (TPSA) is 9.86 Å². The molecular formula is C62H44N2. The summed E-state index contributed by atoms with van der Waals surface area (Å²) in [5.74, 6) is 0. The van der Waals surface area contributed by atoms with Gasteiger partial charge in [-0.2, -0.15) is 0 Å². The standard InChI is InChI=1S/C62H44N2/c1-43-20-6-2-9-23-45-24-14-16-34-57(45)62(43,48-26-10-4-11-27-48)49-37-39-60-56(42-49)55-41-47(36-38-59(55)63(60)51-30-18-25-46(40-51)44-21-7-3-8-22-44)52-32-19-33-54-53-31-15-17-35-58(53)64(61(52)54)50-28-12-5-13-29-50/h2-22,24-42H,1,23H2/b9-2-,20-6-. The summed E-state index contributed by atoms with van der Waals surface area (Å²) in [6.07, 6.45) is 9.60. The number of rotatable bonds is 6. The monoisotopic (exact) mass is 816 g/mol. The van der Waals surface area contributed by atoms with Crippen LogP contribution in [0, 0.1) is 0 Å². The number of allylic oxidation sites excluding steroid dienone is 5. The molecule has 2 heterocycles. The van der Waals surface area contributed by atoms with Crippen molar-refractivity contribution in [3.63, 3.8) is 0 Å². The molecular weight excluding hydrogens is 773 g/mol. The molecule has 9 aromatic carbocycles. The summed E-state index contributed by atoms with van der Waals surface area (Å²) in [6.45, 7) is 4.90. The van der Waals surface area contributed by atoms with Crippen molar-refractivity contribution in [2.24, 2.45) is 0 Å². The van der Waals surface area contributed by atoms with Crippen LogP contribution in [-0.4, -0.2) is 9.13 Å². The highest BCUT2D eigenvalue weighted by atomic mass is 15.0. The average Bonchev–Trinajstić information content (AvgIpc) is 3.89. The highest BCUT2D eigenvalue weighted by Crippen LogP contribution is 2.49. The quantitative estimate of drug-likeness (QED) is 0.158. The Morgan fingerprint density at radius 1 is 0.406 bits per heavy atom. The second kappa shape index (κ2) is 15.3. The first-order valence-corrected chi connectivity index (χ1v) is 22.2. The third kappa shape index (κ3) is 5.87. The molecule has 1 aliphatic carbocycles. The van der Waals surface area contributed by atoms with Crippen molar-refractivity contribution in [2.45, 2.75) is 11.8 Å². The van der Waals surface area contributed by atoms with Gasteiger partial charge in [0.1, 0.15) is 0 Å². The number of nitrogens with zero attached hydrogens (tertiary/aromatic N) is 2. The van der Waals surface area contributed by atoms with Crippen molar-refractivity contribution >= 4 is 43.6 Å². The molecule has 0 saturated heterocycles. The van der Waals surface area contributed by atoms with Gasteiger partial charge in [-0.15, -0.1) is 0 Å². The van der Waals surface area contributed by atoms with Gasteiger partial charge in [0.25, 0.3) is 0 Å². The van der Waals surface area contributed by atoms with E-state index >= 15 is 0 Å². The van der Waals surface area contributed by atoms with E-state index in [4.69, 9.17) is 6.58 Å². The number of para-hydroxylation sites is 3. The lowest BCUT2D eigenvalue weighted by atomic mass is 9.63. The third-order valence-corrected chi connectivity index (χ3v) is 13.4. The molecule has 0 radical (unpaired) electrons. The Labute approximate surface area is 373 Å². The van der Waals surface area contributed by atoms with E-state index in [1.54, 1.807) is 0 Å². The number of fused-ring (bicyclic) bond motifs is 7. The molecule has 2 aromatic heterocycles. The Hall–Kier alpha value is -8.20. The van der Waals surface area contributed by atoms with Gasteiger partial charge in [-0.3, -0.25) is 0 Å². The van der Waals surface area contributed by atoms with Crippen LogP contribution in [0.4, 0.5) is 0 Å². The van der Waals surface area contributed by atoms with Crippen LogP contribution in [0.5, 0.6) is 0 Å². The van der Waals surface area contributed by atoms with Gasteiger partial charge < -0.3 is 9.13 Å². The lowest BCUT2D eigenvalue weighted by Gasteiger charge is -2.38. The summed E-state index contributed by atoms with van der Waals surface area (Å²) >= 11 is 0. The van der Waals surface area contributed by atoms with Crippen molar-refractivity contribution < 1.29 is 0 Å². The van der Waals surface area contributed by atoms with Gasteiger partial charge >= 0.3 is 0 Å². The first-order chi connectivity index (χ1) is 31.7. The SMILES string of the molecule is C=C1/C=C\C=C/Cc2ccccc2C1(c1ccccc1)c1ccc2c(c1)c1cc(-c3cccc4c5ccccc5n(-c5ccccc5)c34)ccc1n2-c1cccc(-c2ccccc2)c1. The van der Waals surface area contributed by atoms with Crippen LogP contribution in [0.1, 0.15) is 22.3 Å². The second-order valence-corrected chi connectivity index (χ2v) is 16.9. The summed E-state index contributed by atoms with van der Waals surface area (Å²) < 4.78 is 4.89. The van der Waals surface area contributed by atoms with Gasteiger partial charge in [-0.1, -0.05) is 195 Å². The molecule has 302 valence electrons. The first-order valence-electron chi connectivity index (χ1n) is 22.2. The molecule has 0 aliphatic heterocycles. The van der Waals surface area contributed by atoms with E-state index in [1.165, 1.54) is 77.1 Å². The molecule has 0 fully saturated rings. The van der Waals surface area contributed by atoms with Gasteiger partial charge in [0.15, 0.2) is 0 Å². The van der Waals surface area contributed by atoms with Crippen LogP contribution in [0.2, 0.25) is 0 Å². The molecule has 0 saturated carbocycles. The minimum Gasteiger partial charge on any atom is -0.309 e. The van der Waals surface area contributed by atoms with Crippen molar-refractivity contribution in [2.75, 3.05) is 0 Å². The third-order valence-electron chi connectivity index (χ3n) is 13.4. The maximum atomic E-state index is 4.90. The Morgan fingerprint density at radius 3 is 1.89 bits per heavy atom. The second-order valence-electron chi connectivity index (χ2n) is 16.9.